The molecular formula is C4H8F3O4P. The predicted molar refractivity (Wildman–Crippen MR) is 33.3 cm³/mol. The minimum atomic E-state index is -4.81. The Kier molecular flexibility index (Phi) is 3.71. The van der Waals surface area contributed by atoms with Gasteiger partial charge in [0.15, 0.2) is 0 Å². The number of hydrogen-bond donors (Lipinski definition) is 2. The first-order chi connectivity index (χ1) is 5.10. The first-order valence-corrected chi connectivity index (χ1v) is 4.44. The quantitative estimate of drug-likeness (QED) is 0.688. The third-order valence-electron chi connectivity index (χ3n) is 0.836. The third kappa shape index (κ3) is 8.00. The average molecular weight is 208 g/mol. The van der Waals surface area contributed by atoms with E-state index >= 15 is 0 Å². The molecule has 8 heteroatoms. The van der Waals surface area contributed by atoms with Gasteiger partial charge in [0, 0.05) is 0 Å². The van der Waals surface area contributed by atoms with Crippen molar-refractivity contribution in [3.8, 4) is 0 Å². The summed E-state index contributed by atoms with van der Waals surface area (Å²) in [5, 5.41) is 0. The van der Waals surface area contributed by atoms with Crippen LogP contribution in [0.25, 0.3) is 0 Å². The van der Waals surface area contributed by atoms with Crippen LogP contribution in [0.2, 0.25) is 0 Å². The molecule has 0 saturated carbocycles. The molecule has 0 saturated heterocycles. The minimum Gasteiger partial charge on any atom is -0.303 e. The summed E-state index contributed by atoms with van der Waals surface area (Å²) in [5.74, 6) is 0. The molecule has 0 aromatic rings. The SMILES string of the molecule is CC(CC(F)(F)F)OP(=O)(O)O. The van der Waals surface area contributed by atoms with Crippen molar-refractivity contribution in [3.05, 3.63) is 0 Å². The third-order valence-corrected chi connectivity index (χ3v) is 1.47. The van der Waals surface area contributed by atoms with Crippen LogP contribution in [0.15, 0.2) is 0 Å². The van der Waals surface area contributed by atoms with Crippen LogP contribution < -0.4 is 0 Å². The second kappa shape index (κ2) is 3.74. The van der Waals surface area contributed by atoms with Crippen LogP contribution in [0.3, 0.4) is 0 Å². The summed E-state index contributed by atoms with van der Waals surface area (Å²) in [4.78, 5) is 16.2. The van der Waals surface area contributed by atoms with Crippen LogP contribution in [0.5, 0.6) is 0 Å². The Hall–Kier alpha value is -0.100. The summed E-state index contributed by atoms with van der Waals surface area (Å²) in [6, 6.07) is 0. The van der Waals surface area contributed by atoms with E-state index in [4.69, 9.17) is 9.79 Å². The van der Waals surface area contributed by atoms with Crippen LogP contribution >= 0.6 is 7.82 Å². The number of phosphoric ester groups is 1. The second-order valence-corrected chi connectivity index (χ2v) is 3.42. The second-order valence-electron chi connectivity index (χ2n) is 2.23. The predicted octanol–water partition coefficient (Wildman–Crippen LogP) is 1.44. The monoisotopic (exact) mass is 208 g/mol. The largest absolute Gasteiger partial charge is 0.469 e. The van der Waals surface area contributed by atoms with E-state index in [1.54, 1.807) is 0 Å². The molecule has 2 N–H and O–H groups in total. The summed E-state index contributed by atoms with van der Waals surface area (Å²) in [6.45, 7) is 0.937. The van der Waals surface area contributed by atoms with Crippen LogP contribution in [-0.2, 0) is 9.09 Å². The average Bonchev–Trinajstić information content (AvgIpc) is 1.49. The molecule has 0 radical (unpaired) electrons. The molecule has 0 aromatic heterocycles. The van der Waals surface area contributed by atoms with Crippen molar-refractivity contribution in [2.75, 3.05) is 0 Å². The van der Waals surface area contributed by atoms with E-state index in [0.717, 1.165) is 6.92 Å². The van der Waals surface area contributed by atoms with Gasteiger partial charge in [-0.15, -0.1) is 0 Å². The fourth-order valence-corrected chi connectivity index (χ4v) is 1.14. The van der Waals surface area contributed by atoms with Gasteiger partial charge in [0.05, 0.1) is 12.5 Å². The van der Waals surface area contributed by atoms with E-state index in [2.05, 4.69) is 4.52 Å². The molecule has 0 aliphatic carbocycles. The Balaban J connectivity index is 3.91. The molecule has 0 spiro atoms. The van der Waals surface area contributed by atoms with Gasteiger partial charge in [0.25, 0.3) is 0 Å². The number of alkyl halides is 3. The van der Waals surface area contributed by atoms with Crippen molar-refractivity contribution in [2.45, 2.75) is 25.6 Å². The summed E-state index contributed by atoms with van der Waals surface area (Å²) < 4.78 is 48.4. The van der Waals surface area contributed by atoms with E-state index in [0.29, 0.717) is 0 Å². The lowest BCUT2D eigenvalue weighted by Gasteiger charge is -2.14. The molecule has 12 heavy (non-hydrogen) atoms. The minimum absolute atomic E-state index is 0.937. The standard InChI is InChI=1S/C4H8F3O4P/c1-3(2-4(5,6)7)11-12(8,9)10/h3H,2H2,1H3,(H2,8,9,10). The maximum Gasteiger partial charge on any atom is 0.469 e. The fraction of sp³-hybridized carbons (Fsp3) is 1.00. The van der Waals surface area contributed by atoms with Crippen LogP contribution in [0.1, 0.15) is 13.3 Å². The molecule has 0 heterocycles. The maximum atomic E-state index is 11.5. The molecule has 0 aliphatic rings. The number of phosphoric acid groups is 1. The normalized spacial score (nSPS) is 16.2. The molecule has 74 valence electrons. The molecule has 0 rings (SSSR count). The molecule has 0 bridgehead atoms. The van der Waals surface area contributed by atoms with Gasteiger partial charge in [-0.25, -0.2) is 4.57 Å². The molecular weight excluding hydrogens is 200 g/mol. The zero-order valence-electron chi connectivity index (χ0n) is 6.08. The van der Waals surface area contributed by atoms with Crippen LogP contribution in [0, 0.1) is 0 Å². The molecule has 0 fully saturated rings. The van der Waals surface area contributed by atoms with E-state index in [9.17, 15) is 17.7 Å². The highest BCUT2D eigenvalue weighted by Crippen LogP contribution is 2.39. The van der Waals surface area contributed by atoms with Gasteiger partial charge in [-0.3, -0.25) is 4.52 Å². The topological polar surface area (TPSA) is 66.8 Å². The summed E-state index contributed by atoms with van der Waals surface area (Å²) in [5.41, 5.74) is 0. The van der Waals surface area contributed by atoms with Crippen molar-refractivity contribution < 1.29 is 32.0 Å². The molecule has 0 amide bonds. The van der Waals surface area contributed by atoms with Crippen molar-refractivity contribution >= 4 is 7.82 Å². The van der Waals surface area contributed by atoms with Crippen LogP contribution in [-0.4, -0.2) is 22.1 Å². The summed E-state index contributed by atoms with van der Waals surface area (Å²) in [7, 11) is -4.81. The number of rotatable bonds is 3. The Bertz CT molecular complexity index is 185. The molecule has 0 aliphatic heterocycles. The Labute approximate surface area is 66.6 Å². The van der Waals surface area contributed by atoms with Gasteiger partial charge in [-0.1, -0.05) is 0 Å². The lowest BCUT2D eigenvalue weighted by molar-refractivity contribution is -0.149. The molecule has 4 nitrogen and oxygen atoms in total. The first-order valence-electron chi connectivity index (χ1n) is 2.91. The Morgan fingerprint density at radius 1 is 1.50 bits per heavy atom. The summed E-state index contributed by atoms with van der Waals surface area (Å²) in [6.07, 6.45) is -7.39. The highest BCUT2D eigenvalue weighted by atomic mass is 31.2. The first kappa shape index (κ1) is 11.9. The highest BCUT2D eigenvalue weighted by Gasteiger charge is 2.33. The zero-order valence-corrected chi connectivity index (χ0v) is 6.97. The highest BCUT2D eigenvalue weighted by molar-refractivity contribution is 7.46. The van der Waals surface area contributed by atoms with E-state index in [1.165, 1.54) is 0 Å². The van der Waals surface area contributed by atoms with E-state index in [1.807, 2.05) is 0 Å². The van der Waals surface area contributed by atoms with Gasteiger partial charge in [0.2, 0.25) is 0 Å². The fourth-order valence-electron chi connectivity index (χ4n) is 0.598. The molecule has 1 atom stereocenters. The number of hydrogen-bond acceptors (Lipinski definition) is 2. The van der Waals surface area contributed by atoms with E-state index < -0.39 is 26.5 Å². The van der Waals surface area contributed by atoms with Crippen molar-refractivity contribution in [3.63, 3.8) is 0 Å². The van der Waals surface area contributed by atoms with E-state index in [-0.39, 0.29) is 0 Å². The van der Waals surface area contributed by atoms with Crippen LogP contribution in [0.4, 0.5) is 13.2 Å². The van der Waals surface area contributed by atoms with Gasteiger partial charge in [-0.05, 0) is 6.92 Å². The lowest BCUT2D eigenvalue weighted by atomic mass is 10.3. The molecule has 0 aromatic carbocycles. The van der Waals surface area contributed by atoms with Gasteiger partial charge < -0.3 is 9.79 Å². The van der Waals surface area contributed by atoms with Gasteiger partial charge in [-0.2, -0.15) is 13.2 Å². The van der Waals surface area contributed by atoms with Gasteiger partial charge >= 0.3 is 14.0 Å². The number of halogens is 3. The summed E-state index contributed by atoms with van der Waals surface area (Å²) >= 11 is 0. The van der Waals surface area contributed by atoms with Crippen molar-refractivity contribution in [1.29, 1.82) is 0 Å². The van der Waals surface area contributed by atoms with Crippen molar-refractivity contribution in [2.24, 2.45) is 0 Å². The van der Waals surface area contributed by atoms with Crippen molar-refractivity contribution in [1.82, 2.24) is 0 Å². The molecule has 1 unspecified atom stereocenters. The van der Waals surface area contributed by atoms with Gasteiger partial charge in [0.1, 0.15) is 0 Å². The smallest absolute Gasteiger partial charge is 0.303 e. The maximum absolute atomic E-state index is 11.5. The zero-order chi connectivity index (χ0) is 9.99. The Morgan fingerprint density at radius 2 is 1.92 bits per heavy atom. The lowest BCUT2D eigenvalue weighted by Crippen LogP contribution is -2.18. The Morgan fingerprint density at radius 3 is 2.17 bits per heavy atom.